The zero-order valence-electron chi connectivity index (χ0n) is 15.5. The maximum Gasteiger partial charge on any atom is 0.248 e. The van der Waals surface area contributed by atoms with Gasteiger partial charge in [0.15, 0.2) is 0 Å². The average molecular weight is 340 g/mol. The third-order valence-corrected chi connectivity index (χ3v) is 9.29. The molecule has 0 aromatic carbocycles. The average Bonchev–Trinajstić information content (AvgIpc) is 2.83. The minimum atomic E-state index is -2.44. The van der Waals surface area contributed by atoms with Crippen LogP contribution in [-0.4, -0.2) is 17.1 Å². The molecule has 0 radical (unpaired) electrons. The first-order valence-corrected chi connectivity index (χ1v) is 10.3. The summed E-state index contributed by atoms with van der Waals surface area (Å²) in [7, 11) is 0. The summed E-state index contributed by atoms with van der Waals surface area (Å²) in [4.78, 5) is 0. The van der Waals surface area contributed by atoms with E-state index in [2.05, 4.69) is 20.8 Å². The molecule has 0 heterocycles. The topological polar surface area (TPSA) is 20.2 Å². The van der Waals surface area contributed by atoms with Crippen molar-refractivity contribution in [2.24, 2.45) is 40.4 Å². The Bertz CT molecular complexity index is 506. The number of aliphatic hydroxyl groups is 1. The van der Waals surface area contributed by atoms with E-state index in [0.29, 0.717) is 30.1 Å². The molecule has 0 bridgehead atoms. The number of fused-ring (bicyclic) bond motifs is 5. The summed E-state index contributed by atoms with van der Waals surface area (Å²) < 4.78 is 28.2. The molecule has 0 aromatic heterocycles. The normalized spacial score (nSPS) is 56.2. The number of alkyl halides is 2. The van der Waals surface area contributed by atoms with Crippen molar-refractivity contribution in [3.8, 4) is 0 Å². The lowest BCUT2D eigenvalue weighted by Gasteiger charge is -2.63. The summed E-state index contributed by atoms with van der Waals surface area (Å²) in [5.74, 6) is 0.193. The van der Waals surface area contributed by atoms with E-state index in [1.165, 1.54) is 0 Å². The fourth-order valence-corrected chi connectivity index (χ4v) is 7.75. The Morgan fingerprint density at radius 3 is 2.38 bits per heavy atom. The Kier molecular flexibility index (Phi) is 3.89. The van der Waals surface area contributed by atoms with Crippen molar-refractivity contribution < 1.29 is 13.9 Å². The molecule has 24 heavy (non-hydrogen) atoms. The molecule has 8 atom stereocenters. The number of rotatable bonds is 1. The van der Waals surface area contributed by atoms with Gasteiger partial charge in [0.2, 0.25) is 5.92 Å². The smallest absolute Gasteiger partial charge is 0.248 e. The maximum atomic E-state index is 14.1. The van der Waals surface area contributed by atoms with Crippen molar-refractivity contribution >= 4 is 0 Å². The Hall–Kier alpha value is -0.180. The molecule has 4 aliphatic rings. The van der Waals surface area contributed by atoms with E-state index in [-0.39, 0.29) is 35.7 Å². The second-order valence-corrected chi connectivity index (χ2v) is 10.1. The van der Waals surface area contributed by atoms with E-state index >= 15 is 0 Å². The fraction of sp³-hybridized carbons (Fsp3) is 1.00. The summed E-state index contributed by atoms with van der Waals surface area (Å²) in [5, 5.41) is 10.6. The van der Waals surface area contributed by atoms with Crippen molar-refractivity contribution in [2.45, 2.75) is 90.6 Å². The van der Waals surface area contributed by atoms with Gasteiger partial charge in [-0.15, -0.1) is 0 Å². The zero-order valence-corrected chi connectivity index (χ0v) is 15.5. The van der Waals surface area contributed by atoms with E-state index in [1.54, 1.807) is 0 Å². The van der Waals surface area contributed by atoms with Crippen LogP contribution in [0.5, 0.6) is 0 Å². The van der Waals surface area contributed by atoms with Crippen LogP contribution in [0.3, 0.4) is 0 Å². The van der Waals surface area contributed by atoms with Gasteiger partial charge in [-0.3, -0.25) is 0 Å². The third-order valence-electron chi connectivity index (χ3n) is 9.29. The number of hydrogen-bond acceptors (Lipinski definition) is 1. The highest BCUT2D eigenvalue weighted by atomic mass is 19.3. The Balaban J connectivity index is 1.69. The fourth-order valence-electron chi connectivity index (χ4n) is 7.75. The van der Waals surface area contributed by atoms with Crippen LogP contribution >= 0.6 is 0 Å². The van der Waals surface area contributed by atoms with Gasteiger partial charge in [0.1, 0.15) is 0 Å². The zero-order chi connectivity index (χ0) is 17.3. The molecule has 3 heteroatoms. The summed E-state index contributed by atoms with van der Waals surface area (Å²) >= 11 is 0. The van der Waals surface area contributed by atoms with Gasteiger partial charge in [0.25, 0.3) is 0 Å². The minimum Gasteiger partial charge on any atom is -0.393 e. The Morgan fingerprint density at radius 2 is 1.67 bits per heavy atom. The van der Waals surface area contributed by atoms with Gasteiger partial charge in [-0.2, -0.15) is 0 Å². The van der Waals surface area contributed by atoms with Crippen LogP contribution < -0.4 is 0 Å². The van der Waals surface area contributed by atoms with E-state index in [9.17, 15) is 13.9 Å². The molecule has 4 aliphatic carbocycles. The quantitative estimate of drug-likeness (QED) is 0.653. The highest BCUT2D eigenvalue weighted by Crippen LogP contribution is 2.68. The molecule has 0 spiro atoms. The van der Waals surface area contributed by atoms with Gasteiger partial charge in [-0.25, -0.2) is 8.78 Å². The van der Waals surface area contributed by atoms with Crippen molar-refractivity contribution in [3.63, 3.8) is 0 Å². The molecule has 0 saturated heterocycles. The van der Waals surface area contributed by atoms with Gasteiger partial charge in [0.05, 0.1) is 6.10 Å². The SMILES string of the molecule is CC[C@@H]1CC2CC(F)(F)CC[C@]2(C)C2CC[C@@]3(C)C(CC[C@@H]3O)[C@@H]21. The van der Waals surface area contributed by atoms with Crippen LogP contribution in [0, 0.1) is 40.4 Å². The predicted molar refractivity (Wildman–Crippen MR) is 91.8 cm³/mol. The summed E-state index contributed by atoms with van der Waals surface area (Å²) in [6.07, 6.45) is 7.19. The lowest BCUT2D eigenvalue weighted by molar-refractivity contribution is -0.184. The van der Waals surface area contributed by atoms with Gasteiger partial charge >= 0.3 is 0 Å². The monoisotopic (exact) mass is 340 g/mol. The molecule has 1 nitrogen and oxygen atoms in total. The lowest BCUT2D eigenvalue weighted by atomic mass is 9.42. The first-order chi connectivity index (χ1) is 11.2. The van der Waals surface area contributed by atoms with Gasteiger partial charge < -0.3 is 5.11 Å². The molecule has 4 saturated carbocycles. The molecule has 138 valence electrons. The second-order valence-electron chi connectivity index (χ2n) is 10.1. The summed E-state index contributed by atoms with van der Waals surface area (Å²) in [6, 6.07) is 0. The maximum absolute atomic E-state index is 14.1. The van der Waals surface area contributed by atoms with Crippen molar-refractivity contribution in [1.82, 2.24) is 0 Å². The van der Waals surface area contributed by atoms with E-state index in [4.69, 9.17) is 0 Å². The van der Waals surface area contributed by atoms with Gasteiger partial charge in [0, 0.05) is 12.8 Å². The molecule has 0 amide bonds. The van der Waals surface area contributed by atoms with Gasteiger partial charge in [-0.05, 0) is 78.9 Å². The molecule has 1 N–H and O–H groups in total. The summed E-state index contributed by atoms with van der Waals surface area (Å²) in [5.41, 5.74) is 0.184. The molecule has 0 aliphatic heterocycles. The van der Waals surface area contributed by atoms with Crippen LogP contribution in [0.25, 0.3) is 0 Å². The van der Waals surface area contributed by atoms with Crippen LogP contribution in [0.4, 0.5) is 8.78 Å². The standard InChI is InChI=1S/C21H34F2O/c1-4-13-11-14-12-21(22,23)10-9-19(14,2)16-7-8-20(3)15(18(13)16)5-6-17(20)24/h13-18,24H,4-12H2,1-3H3/t13-,14?,15?,16?,17+,18+,19+,20+/m1/s1. The van der Waals surface area contributed by atoms with Crippen LogP contribution in [-0.2, 0) is 0 Å². The molecule has 4 rings (SSSR count). The number of halogens is 2. The Morgan fingerprint density at radius 1 is 0.958 bits per heavy atom. The van der Waals surface area contributed by atoms with Crippen LogP contribution in [0.2, 0.25) is 0 Å². The van der Waals surface area contributed by atoms with E-state index in [1.807, 2.05) is 0 Å². The largest absolute Gasteiger partial charge is 0.393 e. The van der Waals surface area contributed by atoms with Crippen molar-refractivity contribution in [1.29, 1.82) is 0 Å². The number of hydrogen-bond donors (Lipinski definition) is 1. The Labute approximate surface area is 145 Å². The first kappa shape index (κ1) is 17.2. The second kappa shape index (κ2) is 5.41. The van der Waals surface area contributed by atoms with Gasteiger partial charge in [-0.1, -0.05) is 27.2 Å². The molecule has 4 fully saturated rings. The van der Waals surface area contributed by atoms with E-state index < -0.39 is 5.92 Å². The molecule has 0 aromatic rings. The molecule has 3 unspecified atom stereocenters. The van der Waals surface area contributed by atoms with Crippen LogP contribution in [0.15, 0.2) is 0 Å². The molecular formula is C21H34F2O. The van der Waals surface area contributed by atoms with Crippen molar-refractivity contribution in [2.75, 3.05) is 0 Å². The third kappa shape index (κ3) is 2.25. The lowest BCUT2D eigenvalue weighted by Crippen LogP contribution is -2.57. The molecular weight excluding hydrogens is 306 g/mol. The number of aliphatic hydroxyl groups excluding tert-OH is 1. The van der Waals surface area contributed by atoms with Crippen LogP contribution in [0.1, 0.15) is 78.6 Å². The van der Waals surface area contributed by atoms with Crippen molar-refractivity contribution in [3.05, 3.63) is 0 Å². The minimum absolute atomic E-state index is 0.0797. The first-order valence-electron chi connectivity index (χ1n) is 10.3. The highest BCUT2D eigenvalue weighted by molar-refractivity contribution is 5.11. The highest BCUT2D eigenvalue weighted by Gasteiger charge is 2.63. The van der Waals surface area contributed by atoms with E-state index in [0.717, 1.165) is 38.5 Å². The predicted octanol–water partition coefficient (Wildman–Crippen LogP) is 5.66. The summed E-state index contributed by atoms with van der Waals surface area (Å²) in [6.45, 7) is 6.90.